The molecular formula is C17H11ClN2O. The molecule has 21 heavy (non-hydrogen) atoms. The van der Waals surface area contributed by atoms with Gasteiger partial charge in [-0.05, 0) is 23.8 Å². The average molecular weight is 295 g/mol. The highest BCUT2D eigenvalue weighted by atomic mass is 35.5. The Bertz CT molecular complexity index is 825. The lowest BCUT2D eigenvalue weighted by Crippen LogP contribution is -1.97. The molecule has 0 aliphatic heterocycles. The van der Waals surface area contributed by atoms with Crippen molar-refractivity contribution < 1.29 is 4.74 Å². The van der Waals surface area contributed by atoms with Gasteiger partial charge in [0, 0.05) is 11.5 Å². The van der Waals surface area contributed by atoms with Gasteiger partial charge in [-0.15, -0.1) is 0 Å². The summed E-state index contributed by atoms with van der Waals surface area (Å²) >= 11 is 6.24. The summed E-state index contributed by atoms with van der Waals surface area (Å²) in [5.74, 6) is 0.450. The molecule has 1 aromatic heterocycles. The molecule has 0 fully saturated rings. The smallest absolute Gasteiger partial charge is 0.215 e. The molecule has 4 heteroatoms. The minimum absolute atomic E-state index is 0.424. The molecule has 0 radical (unpaired) electrons. The second kappa shape index (κ2) is 5.82. The zero-order valence-corrected chi connectivity index (χ0v) is 11.8. The normalized spacial score (nSPS) is 10.3. The topological polar surface area (TPSA) is 45.9 Å². The van der Waals surface area contributed by atoms with E-state index in [2.05, 4.69) is 11.1 Å². The maximum absolute atomic E-state index is 8.95. The minimum Gasteiger partial charge on any atom is -0.473 e. The Morgan fingerprint density at radius 3 is 2.67 bits per heavy atom. The maximum atomic E-state index is 8.95. The number of fused-ring (bicyclic) bond motifs is 1. The number of benzene rings is 2. The summed E-state index contributed by atoms with van der Waals surface area (Å²) in [6.07, 6.45) is 0. The Balaban J connectivity index is 1.91. The van der Waals surface area contributed by atoms with E-state index in [0.717, 1.165) is 10.9 Å². The highest BCUT2D eigenvalue weighted by Gasteiger charge is 2.06. The van der Waals surface area contributed by atoms with Gasteiger partial charge in [-0.25, -0.2) is 4.98 Å². The molecule has 1 heterocycles. The van der Waals surface area contributed by atoms with E-state index >= 15 is 0 Å². The van der Waals surface area contributed by atoms with Crippen molar-refractivity contribution in [2.75, 3.05) is 0 Å². The van der Waals surface area contributed by atoms with E-state index in [9.17, 15) is 0 Å². The number of aromatic nitrogens is 1. The van der Waals surface area contributed by atoms with E-state index in [4.69, 9.17) is 21.6 Å². The molecule has 0 saturated heterocycles. The number of nitrogens with zero attached hydrogens (tertiary/aromatic N) is 2. The average Bonchev–Trinajstić information content (AvgIpc) is 2.53. The number of hydrogen-bond donors (Lipinski definition) is 0. The van der Waals surface area contributed by atoms with Gasteiger partial charge in [-0.2, -0.15) is 5.26 Å². The first-order valence-electron chi connectivity index (χ1n) is 6.43. The number of ether oxygens (including phenoxy) is 1. The fourth-order valence-electron chi connectivity index (χ4n) is 2.04. The maximum Gasteiger partial charge on any atom is 0.215 e. The molecule has 3 aromatic rings. The van der Waals surface area contributed by atoms with Gasteiger partial charge >= 0.3 is 0 Å². The summed E-state index contributed by atoms with van der Waals surface area (Å²) in [6, 6.07) is 18.8. The molecule has 0 N–H and O–H groups in total. The Hall–Kier alpha value is -2.57. The molecule has 0 atom stereocenters. The zero-order valence-electron chi connectivity index (χ0n) is 11.1. The van der Waals surface area contributed by atoms with Crippen LogP contribution in [0, 0.1) is 11.3 Å². The van der Waals surface area contributed by atoms with Crippen molar-refractivity contribution in [3.8, 4) is 11.9 Å². The molecule has 0 aliphatic carbocycles. The molecule has 102 valence electrons. The molecule has 0 amide bonds. The van der Waals surface area contributed by atoms with Crippen molar-refractivity contribution in [3.63, 3.8) is 0 Å². The van der Waals surface area contributed by atoms with E-state index in [1.54, 1.807) is 24.3 Å². The number of rotatable bonds is 3. The van der Waals surface area contributed by atoms with Crippen LogP contribution in [0.1, 0.15) is 11.1 Å². The molecule has 0 spiro atoms. The predicted octanol–water partition coefficient (Wildman–Crippen LogP) is 4.34. The Morgan fingerprint density at radius 1 is 1.10 bits per heavy atom. The molecular weight excluding hydrogens is 284 g/mol. The van der Waals surface area contributed by atoms with Crippen molar-refractivity contribution in [3.05, 3.63) is 70.7 Å². The van der Waals surface area contributed by atoms with Gasteiger partial charge in [0.15, 0.2) is 0 Å². The van der Waals surface area contributed by atoms with Crippen LogP contribution in [0.15, 0.2) is 54.6 Å². The van der Waals surface area contributed by atoms with Gasteiger partial charge in [0.1, 0.15) is 6.61 Å². The summed E-state index contributed by atoms with van der Waals surface area (Å²) in [5, 5.41) is 10.3. The third-order valence-corrected chi connectivity index (χ3v) is 3.41. The highest BCUT2D eigenvalue weighted by molar-refractivity contribution is 6.35. The molecule has 0 saturated carbocycles. The minimum atomic E-state index is 0.424. The Kier molecular flexibility index (Phi) is 3.72. The standard InChI is InChI=1S/C17H11ClN2O/c18-15-9-17(21-11-12-4-2-1-3-5-12)20-16-8-13(10-19)6-7-14(15)16/h1-9H,11H2. The van der Waals surface area contributed by atoms with E-state index in [1.165, 1.54) is 0 Å². The SMILES string of the molecule is N#Cc1ccc2c(Cl)cc(OCc3ccccc3)nc2c1. The molecule has 3 nitrogen and oxygen atoms in total. The number of pyridine rings is 1. The summed E-state index contributed by atoms with van der Waals surface area (Å²) < 4.78 is 5.68. The van der Waals surface area contributed by atoms with Crippen molar-refractivity contribution in [2.24, 2.45) is 0 Å². The summed E-state index contributed by atoms with van der Waals surface area (Å²) in [5.41, 5.74) is 2.26. The van der Waals surface area contributed by atoms with E-state index in [-0.39, 0.29) is 0 Å². The zero-order chi connectivity index (χ0) is 14.7. The van der Waals surface area contributed by atoms with Crippen molar-refractivity contribution in [1.82, 2.24) is 4.98 Å². The lowest BCUT2D eigenvalue weighted by atomic mass is 10.1. The summed E-state index contributed by atoms with van der Waals surface area (Å²) in [6.45, 7) is 0.424. The van der Waals surface area contributed by atoms with Gasteiger partial charge in [-0.1, -0.05) is 41.9 Å². The molecule has 0 aliphatic rings. The van der Waals surface area contributed by atoms with Gasteiger partial charge in [0.25, 0.3) is 0 Å². The summed E-state index contributed by atoms with van der Waals surface area (Å²) in [4.78, 5) is 4.40. The van der Waals surface area contributed by atoms with Crippen LogP contribution in [-0.4, -0.2) is 4.98 Å². The van der Waals surface area contributed by atoms with E-state index in [0.29, 0.717) is 28.6 Å². The van der Waals surface area contributed by atoms with Gasteiger partial charge in [0.2, 0.25) is 5.88 Å². The Labute approximate surface area is 127 Å². The van der Waals surface area contributed by atoms with Crippen molar-refractivity contribution in [2.45, 2.75) is 6.61 Å². The molecule has 3 rings (SSSR count). The van der Waals surface area contributed by atoms with Crippen LogP contribution >= 0.6 is 11.6 Å². The number of nitriles is 1. The third-order valence-electron chi connectivity index (χ3n) is 3.09. The van der Waals surface area contributed by atoms with Crippen molar-refractivity contribution >= 4 is 22.5 Å². The summed E-state index contributed by atoms with van der Waals surface area (Å²) in [7, 11) is 0. The molecule has 0 unspecified atom stereocenters. The Morgan fingerprint density at radius 2 is 1.90 bits per heavy atom. The van der Waals surface area contributed by atoms with Gasteiger partial charge in [-0.3, -0.25) is 0 Å². The van der Waals surface area contributed by atoms with E-state index < -0.39 is 0 Å². The predicted molar refractivity (Wildman–Crippen MR) is 82.2 cm³/mol. The quantitative estimate of drug-likeness (QED) is 0.722. The van der Waals surface area contributed by atoms with Crippen LogP contribution in [0.2, 0.25) is 5.02 Å². The first-order chi connectivity index (χ1) is 10.3. The van der Waals surface area contributed by atoms with Crippen LogP contribution in [0.5, 0.6) is 5.88 Å². The first-order valence-corrected chi connectivity index (χ1v) is 6.81. The van der Waals surface area contributed by atoms with E-state index in [1.807, 2.05) is 30.3 Å². The van der Waals surface area contributed by atoms with Crippen LogP contribution in [0.25, 0.3) is 10.9 Å². The fourth-order valence-corrected chi connectivity index (χ4v) is 2.29. The van der Waals surface area contributed by atoms with Gasteiger partial charge < -0.3 is 4.74 Å². The lowest BCUT2D eigenvalue weighted by Gasteiger charge is -2.08. The number of hydrogen-bond acceptors (Lipinski definition) is 3. The molecule has 0 bridgehead atoms. The fraction of sp³-hybridized carbons (Fsp3) is 0.0588. The molecule has 2 aromatic carbocycles. The van der Waals surface area contributed by atoms with Crippen LogP contribution in [0.4, 0.5) is 0 Å². The van der Waals surface area contributed by atoms with Gasteiger partial charge in [0.05, 0.1) is 22.2 Å². The van der Waals surface area contributed by atoms with Crippen molar-refractivity contribution in [1.29, 1.82) is 5.26 Å². The van der Waals surface area contributed by atoms with Crippen LogP contribution in [-0.2, 0) is 6.61 Å². The highest BCUT2D eigenvalue weighted by Crippen LogP contribution is 2.27. The van der Waals surface area contributed by atoms with Crippen LogP contribution < -0.4 is 4.74 Å². The second-order valence-corrected chi connectivity index (χ2v) is 4.97. The monoisotopic (exact) mass is 294 g/mol. The first kappa shape index (κ1) is 13.4. The number of halogens is 1. The third kappa shape index (κ3) is 2.96. The van der Waals surface area contributed by atoms with Crippen LogP contribution in [0.3, 0.4) is 0 Å². The second-order valence-electron chi connectivity index (χ2n) is 4.56. The lowest BCUT2D eigenvalue weighted by molar-refractivity contribution is 0.295. The largest absolute Gasteiger partial charge is 0.473 e.